The third-order valence-electron chi connectivity index (χ3n) is 5.16. The Balaban J connectivity index is 1.67. The summed E-state index contributed by atoms with van der Waals surface area (Å²) in [4.78, 5) is 4.97. The molecule has 2 aromatic carbocycles. The molecule has 0 aliphatic carbocycles. The molecule has 0 amide bonds. The molecule has 2 N–H and O–H groups in total. The quantitative estimate of drug-likeness (QED) is 0.878. The van der Waals surface area contributed by atoms with Gasteiger partial charge >= 0.3 is 0 Å². The number of ether oxygens (including phenoxy) is 2. The number of aliphatic imine (C=N–C) groups is 1. The lowest BCUT2D eigenvalue weighted by Gasteiger charge is -2.43. The van der Waals surface area contributed by atoms with E-state index in [1.165, 1.54) is 11.1 Å². The van der Waals surface area contributed by atoms with Gasteiger partial charge in [0, 0.05) is 32.1 Å². The Morgan fingerprint density at radius 3 is 2.73 bits per heavy atom. The van der Waals surface area contributed by atoms with Crippen LogP contribution in [0.5, 0.6) is 5.75 Å². The lowest BCUT2D eigenvalue weighted by Crippen LogP contribution is -2.55. The molecule has 5 heteroatoms. The SMILES string of the molecule is COc1ccc2c(c1)NC(=NCc1cccc(C)c1)C1(CCOCC1)N2. The average Bonchev–Trinajstić information content (AvgIpc) is 2.67. The van der Waals surface area contributed by atoms with Gasteiger partial charge in [0.25, 0.3) is 0 Å². The largest absolute Gasteiger partial charge is 0.497 e. The summed E-state index contributed by atoms with van der Waals surface area (Å²) < 4.78 is 11.0. The maximum absolute atomic E-state index is 5.61. The average molecular weight is 351 g/mol. The van der Waals surface area contributed by atoms with Gasteiger partial charge < -0.3 is 20.1 Å². The van der Waals surface area contributed by atoms with Gasteiger partial charge in [-0.3, -0.25) is 4.99 Å². The van der Waals surface area contributed by atoms with Crippen molar-refractivity contribution in [3.63, 3.8) is 0 Å². The maximum Gasteiger partial charge on any atom is 0.127 e. The number of rotatable bonds is 3. The van der Waals surface area contributed by atoms with Crippen molar-refractivity contribution in [3.8, 4) is 5.75 Å². The molecule has 4 rings (SSSR count). The van der Waals surface area contributed by atoms with E-state index in [0.29, 0.717) is 6.54 Å². The third kappa shape index (κ3) is 3.27. The Morgan fingerprint density at radius 1 is 1.12 bits per heavy atom. The van der Waals surface area contributed by atoms with Gasteiger partial charge in [-0.1, -0.05) is 29.8 Å². The highest BCUT2D eigenvalue weighted by Crippen LogP contribution is 2.38. The standard InChI is InChI=1S/C21H25N3O2/c1-15-4-3-5-16(12-15)14-22-20-21(8-10-26-11-9-21)24-18-7-6-17(25-2)13-19(18)23-20/h3-7,12-13,24H,8-11,14H2,1-2H3,(H,22,23). The van der Waals surface area contributed by atoms with Crippen molar-refractivity contribution in [2.24, 2.45) is 4.99 Å². The third-order valence-corrected chi connectivity index (χ3v) is 5.16. The van der Waals surface area contributed by atoms with Crippen molar-refractivity contribution in [1.29, 1.82) is 0 Å². The van der Waals surface area contributed by atoms with Gasteiger partial charge in [-0.2, -0.15) is 0 Å². The van der Waals surface area contributed by atoms with Crippen LogP contribution in [0.3, 0.4) is 0 Å². The van der Waals surface area contributed by atoms with E-state index in [9.17, 15) is 0 Å². The van der Waals surface area contributed by atoms with E-state index in [1.54, 1.807) is 7.11 Å². The summed E-state index contributed by atoms with van der Waals surface area (Å²) in [6.45, 7) is 4.25. The Morgan fingerprint density at radius 2 is 1.96 bits per heavy atom. The highest BCUT2D eigenvalue weighted by Gasteiger charge is 2.41. The number of hydrogen-bond donors (Lipinski definition) is 2. The van der Waals surface area contributed by atoms with E-state index in [4.69, 9.17) is 14.5 Å². The predicted octanol–water partition coefficient (Wildman–Crippen LogP) is 3.99. The van der Waals surface area contributed by atoms with E-state index in [-0.39, 0.29) is 5.54 Å². The van der Waals surface area contributed by atoms with Crippen LogP contribution in [0.25, 0.3) is 0 Å². The van der Waals surface area contributed by atoms with Crippen molar-refractivity contribution in [3.05, 3.63) is 53.6 Å². The number of anilines is 2. The van der Waals surface area contributed by atoms with Crippen molar-refractivity contribution < 1.29 is 9.47 Å². The van der Waals surface area contributed by atoms with Crippen LogP contribution in [0.2, 0.25) is 0 Å². The van der Waals surface area contributed by atoms with Crippen LogP contribution in [-0.2, 0) is 11.3 Å². The number of nitrogens with zero attached hydrogens (tertiary/aromatic N) is 1. The summed E-state index contributed by atoms with van der Waals surface area (Å²) in [7, 11) is 1.69. The summed E-state index contributed by atoms with van der Waals surface area (Å²) in [5, 5.41) is 7.30. The molecular formula is C21H25N3O2. The number of benzene rings is 2. The molecule has 0 unspecified atom stereocenters. The zero-order chi connectivity index (χ0) is 18.0. The molecule has 5 nitrogen and oxygen atoms in total. The molecule has 0 radical (unpaired) electrons. The highest BCUT2D eigenvalue weighted by atomic mass is 16.5. The van der Waals surface area contributed by atoms with Gasteiger partial charge in [0.05, 0.1) is 30.6 Å². The minimum atomic E-state index is -0.191. The summed E-state index contributed by atoms with van der Waals surface area (Å²) in [6, 6.07) is 14.6. The lowest BCUT2D eigenvalue weighted by atomic mass is 9.86. The van der Waals surface area contributed by atoms with E-state index in [2.05, 4.69) is 47.9 Å². The Kier molecular flexibility index (Phi) is 4.55. The number of aryl methyl sites for hydroxylation is 1. The predicted molar refractivity (Wildman–Crippen MR) is 105 cm³/mol. The number of amidine groups is 1. The number of hydrogen-bond acceptors (Lipinski definition) is 4. The van der Waals surface area contributed by atoms with Crippen LogP contribution in [-0.4, -0.2) is 31.7 Å². The van der Waals surface area contributed by atoms with Gasteiger partial charge in [-0.15, -0.1) is 0 Å². The maximum atomic E-state index is 5.61. The molecule has 0 aromatic heterocycles. The van der Waals surface area contributed by atoms with Crippen LogP contribution in [0.15, 0.2) is 47.5 Å². The molecule has 2 aromatic rings. The summed E-state index contributed by atoms with van der Waals surface area (Å²) in [5.41, 5.74) is 4.38. The lowest BCUT2D eigenvalue weighted by molar-refractivity contribution is 0.0778. The van der Waals surface area contributed by atoms with E-state index >= 15 is 0 Å². The van der Waals surface area contributed by atoms with Gasteiger partial charge in [-0.05, 0) is 24.6 Å². The fraction of sp³-hybridized carbons (Fsp3) is 0.381. The van der Waals surface area contributed by atoms with Crippen molar-refractivity contribution in [2.45, 2.75) is 31.8 Å². The van der Waals surface area contributed by atoms with Crippen LogP contribution in [0.4, 0.5) is 11.4 Å². The smallest absolute Gasteiger partial charge is 0.127 e. The van der Waals surface area contributed by atoms with Gasteiger partial charge in [0.15, 0.2) is 0 Å². The summed E-state index contributed by atoms with van der Waals surface area (Å²) in [6.07, 6.45) is 1.80. The second-order valence-corrected chi connectivity index (χ2v) is 7.01. The first-order valence-electron chi connectivity index (χ1n) is 9.10. The monoisotopic (exact) mass is 351 g/mol. The van der Waals surface area contributed by atoms with E-state index < -0.39 is 0 Å². The van der Waals surface area contributed by atoms with Gasteiger partial charge in [-0.25, -0.2) is 0 Å². The van der Waals surface area contributed by atoms with E-state index in [1.807, 2.05) is 12.1 Å². The second kappa shape index (κ2) is 7.00. The van der Waals surface area contributed by atoms with Crippen LogP contribution >= 0.6 is 0 Å². The molecule has 1 spiro atoms. The fourth-order valence-corrected chi connectivity index (χ4v) is 3.68. The first-order chi connectivity index (χ1) is 12.7. The fourth-order valence-electron chi connectivity index (χ4n) is 3.68. The topological polar surface area (TPSA) is 54.9 Å². The normalized spacial score (nSPS) is 19.5. The van der Waals surface area contributed by atoms with Crippen molar-refractivity contribution in [2.75, 3.05) is 31.0 Å². The summed E-state index contributed by atoms with van der Waals surface area (Å²) in [5.74, 6) is 1.82. The molecule has 0 saturated carbocycles. The molecule has 26 heavy (non-hydrogen) atoms. The van der Waals surface area contributed by atoms with Crippen LogP contribution in [0.1, 0.15) is 24.0 Å². The number of methoxy groups -OCH3 is 1. The van der Waals surface area contributed by atoms with Crippen molar-refractivity contribution >= 4 is 17.2 Å². The first kappa shape index (κ1) is 16.9. The number of fused-ring (bicyclic) bond motifs is 1. The van der Waals surface area contributed by atoms with Crippen LogP contribution in [0, 0.1) is 6.92 Å². The molecule has 1 saturated heterocycles. The molecule has 2 aliphatic heterocycles. The molecule has 1 fully saturated rings. The Labute approximate surface area is 154 Å². The highest BCUT2D eigenvalue weighted by molar-refractivity contribution is 6.09. The Bertz CT molecular complexity index is 826. The molecule has 0 bridgehead atoms. The molecule has 136 valence electrons. The number of nitrogens with one attached hydrogen (secondary N) is 2. The van der Waals surface area contributed by atoms with E-state index in [0.717, 1.165) is 49.0 Å². The molecule has 2 heterocycles. The summed E-state index contributed by atoms with van der Waals surface area (Å²) >= 11 is 0. The minimum Gasteiger partial charge on any atom is -0.497 e. The van der Waals surface area contributed by atoms with Crippen LogP contribution < -0.4 is 15.4 Å². The van der Waals surface area contributed by atoms with Gasteiger partial charge in [0.2, 0.25) is 0 Å². The zero-order valence-corrected chi connectivity index (χ0v) is 15.3. The minimum absolute atomic E-state index is 0.191. The Hall–Kier alpha value is -2.53. The van der Waals surface area contributed by atoms with Gasteiger partial charge in [0.1, 0.15) is 11.6 Å². The molecule has 0 atom stereocenters. The molecular weight excluding hydrogens is 326 g/mol. The first-order valence-corrected chi connectivity index (χ1v) is 9.10. The molecule has 2 aliphatic rings. The second-order valence-electron chi connectivity index (χ2n) is 7.01. The zero-order valence-electron chi connectivity index (χ0n) is 15.3. The van der Waals surface area contributed by atoms with Crippen molar-refractivity contribution in [1.82, 2.24) is 0 Å².